The van der Waals surface area contributed by atoms with Gasteiger partial charge in [0, 0.05) is 56.5 Å². The van der Waals surface area contributed by atoms with Crippen LogP contribution < -0.4 is 10.6 Å². The predicted octanol–water partition coefficient (Wildman–Crippen LogP) is 7.18. The van der Waals surface area contributed by atoms with E-state index in [-0.39, 0.29) is 63.1 Å². The van der Waals surface area contributed by atoms with Crippen molar-refractivity contribution in [2.75, 3.05) is 27.2 Å². The predicted molar refractivity (Wildman–Crippen MR) is 262 cm³/mol. The van der Waals surface area contributed by atoms with Crippen molar-refractivity contribution in [3.05, 3.63) is 53.6 Å². The number of amides is 6. The van der Waals surface area contributed by atoms with Gasteiger partial charge in [0.2, 0.25) is 23.6 Å². The number of ether oxygens (including phenoxy) is 2. The molecule has 4 aromatic rings. The SMILES string of the molecule is CC[C@H](NC(=O)[C@H](C)N(C)C(=O)OC(C)(C)C)C(=O)N1C[C@@H](F)C[C@H]1Cc1c(-c2nc3cc(F)ccc3n2C[C@@H]2C[C@H](F)CN2C(=O)[C@H](CC)NC(=O)[C@H](C)N(C)C(=O)OC(C)(C)C)[nH]c2cc(F)ccc12. The number of nitrogens with zero attached hydrogens (tertiary/aromatic N) is 6. The van der Waals surface area contributed by atoms with Crippen LogP contribution in [0, 0.1) is 11.6 Å². The summed E-state index contributed by atoms with van der Waals surface area (Å²) in [5.41, 5.74) is 0.189. The number of likely N-dealkylation sites (N-methyl/N-ethyl adjacent to an activating group) is 2. The van der Waals surface area contributed by atoms with Crippen molar-refractivity contribution in [1.29, 1.82) is 0 Å². The summed E-state index contributed by atoms with van der Waals surface area (Å²) in [5.74, 6) is -3.30. The zero-order chi connectivity index (χ0) is 53.3. The van der Waals surface area contributed by atoms with Gasteiger partial charge >= 0.3 is 12.2 Å². The van der Waals surface area contributed by atoms with Crippen LogP contribution in [0.4, 0.5) is 27.2 Å². The number of carbonyl (C=O) groups excluding carboxylic acids is 6. The third-order valence-corrected chi connectivity index (χ3v) is 13.3. The fourth-order valence-corrected chi connectivity index (χ4v) is 9.18. The Hall–Kier alpha value is -6.41. The molecule has 17 nitrogen and oxygen atoms in total. The Balaban J connectivity index is 1.31. The second kappa shape index (κ2) is 21.7. The monoisotopic (exact) mass is 1010 g/mol. The Labute approximate surface area is 417 Å². The maximum Gasteiger partial charge on any atom is 0.410 e. The van der Waals surface area contributed by atoms with Crippen molar-refractivity contribution in [2.45, 2.75) is 168 Å². The van der Waals surface area contributed by atoms with Crippen LogP contribution in [-0.2, 0) is 41.6 Å². The number of hydrogen-bond acceptors (Lipinski definition) is 9. The van der Waals surface area contributed by atoms with Gasteiger partial charge in [-0.15, -0.1) is 0 Å². The molecule has 0 spiro atoms. The van der Waals surface area contributed by atoms with E-state index in [0.29, 0.717) is 27.7 Å². The van der Waals surface area contributed by atoms with Gasteiger partial charge in [-0.3, -0.25) is 29.0 Å². The third-order valence-electron chi connectivity index (χ3n) is 13.3. The number of fused-ring (bicyclic) bond motifs is 2. The van der Waals surface area contributed by atoms with Crippen LogP contribution in [0.25, 0.3) is 33.5 Å². The summed E-state index contributed by atoms with van der Waals surface area (Å²) in [4.78, 5) is 94.3. The average Bonchev–Trinajstić information content (AvgIpc) is 4.06. The maximum absolute atomic E-state index is 15.7. The molecular weight excluding hydrogens is 943 g/mol. The molecule has 2 aromatic heterocycles. The Kier molecular flexibility index (Phi) is 16.6. The zero-order valence-electron chi connectivity index (χ0n) is 43.2. The fraction of sp³-hybridized carbons (Fsp3) is 0.588. The number of aromatic amines is 1. The lowest BCUT2D eigenvalue weighted by molar-refractivity contribution is -0.138. The Morgan fingerprint density at radius 2 is 1.22 bits per heavy atom. The maximum atomic E-state index is 15.7. The minimum absolute atomic E-state index is 0.0207. The molecular formula is C51H69F4N9O8. The Bertz CT molecular complexity index is 2500. The first kappa shape index (κ1) is 54.9. The number of carbonyl (C=O) groups is 6. The first-order valence-corrected chi connectivity index (χ1v) is 24.5. The molecule has 3 N–H and O–H groups in total. The highest BCUT2D eigenvalue weighted by molar-refractivity contribution is 5.94. The first-order valence-electron chi connectivity index (χ1n) is 24.5. The van der Waals surface area contributed by atoms with E-state index in [1.54, 1.807) is 66.0 Å². The highest BCUT2D eigenvalue weighted by Gasteiger charge is 2.42. The molecule has 6 amide bonds. The zero-order valence-corrected chi connectivity index (χ0v) is 43.2. The number of rotatable bonds is 15. The number of halogens is 4. The van der Waals surface area contributed by atoms with E-state index >= 15 is 8.78 Å². The summed E-state index contributed by atoms with van der Waals surface area (Å²) in [6.45, 7) is 15.9. The number of H-pyrrole nitrogens is 1. The molecule has 0 radical (unpaired) electrons. The lowest BCUT2D eigenvalue weighted by Gasteiger charge is -2.32. The highest BCUT2D eigenvalue weighted by atomic mass is 19.1. The van der Waals surface area contributed by atoms with Gasteiger partial charge < -0.3 is 39.5 Å². The smallest absolute Gasteiger partial charge is 0.410 e. The van der Waals surface area contributed by atoms with E-state index < -0.39 is 107 Å². The number of alkyl halides is 2. The van der Waals surface area contributed by atoms with Gasteiger partial charge in [-0.05, 0) is 111 Å². The molecule has 72 heavy (non-hydrogen) atoms. The molecule has 2 saturated heterocycles. The van der Waals surface area contributed by atoms with Crippen LogP contribution >= 0.6 is 0 Å². The third kappa shape index (κ3) is 12.4. The van der Waals surface area contributed by atoms with Gasteiger partial charge in [-0.2, -0.15) is 0 Å². The molecule has 2 fully saturated rings. The van der Waals surface area contributed by atoms with Crippen molar-refractivity contribution < 1.29 is 55.8 Å². The van der Waals surface area contributed by atoms with E-state index in [9.17, 15) is 37.5 Å². The summed E-state index contributed by atoms with van der Waals surface area (Å²) in [5, 5.41) is 6.00. The fourth-order valence-electron chi connectivity index (χ4n) is 9.18. The van der Waals surface area contributed by atoms with E-state index in [1.807, 2.05) is 0 Å². The lowest BCUT2D eigenvalue weighted by atomic mass is 9.99. The molecule has 0 unspecified atom stereocenters. The topological polar surface area (TPSA) is 192 Å². The number of hydrogen-bond donors (Lipinski definition) is 3. The second-order valence-electron chi connectivity index (χ2n) is 21.0. The van der Waals surface area contributed by atoms with Crippen LogP contribution in [0.2, 0.25) is 0 Å². The highest BCUT2D eigenvalue weighted by Crippen LogP contribution is 2.37. The van der Waals surface area contributed by atoms with Gasteiger partial charge in [0.25, 0.3) is 0 Å². The lowest BCUT2D eigenvalue weighted by Crippen LogP contribution is -2.55. The summed E-state index contributed by atoms with van der Waals surface area (Å²) in [6.07, 6.45) is -4.23. The number of aromatic nitrogens is 3. The van der Waals surface area contributed by atoms with Crippen LogP contribution in [0.1, 0.15) is 100 Å². The van der Waals surface area contributed by atoms with Crippen molar-refractivity contribution in [3.8, 4) is 11.5 Å². The minimum Gasteiger partial charge on any atom is -0.444 e. The van der Waals surface area contributed by atoms with Gasteiger partial charge in [-0.25, -0.2) is 32.1 Å². The van der Waals surface area contributed by atoms with Crippen LogP contribution in [-0.4, -0.2) is 157 Å². The van der Waals surface area contributed by atoms with Gasteiger partial charge in [0.1, 0.15) is 59.3 Å². The first-order chi connectivity index (χ1) is 33.6. The molecule has 8 atom stereocenters. The van der Waals surface area contributed by atoms with Crippen LogP contribution in [0.3, 0.4) is 0 Å². The summed E-state index contributed by atoms with van der Waals surface area (Å²) < 4.78 is 73.7. The van der Waals surface area contributed by atoms with Crippen molar-refractivity contribution in [2.24, 2.45) is 0 Å². The molecule has 6 rings (SSSR count). The summed E-state index contributed by atoms with van der Waals surface area (Å²) >= 11 is 0. The molecule has 0 saturated carbocycles. The number of imidazole rings is 1. The molecule has 2 aliphatic rings. The number of benzene rings is 2. The molecule has 0 aliphatic carbocycles. The van der Waals surface area contributed by atoms with Crippen molar-refractivity contribution in [3.63, 3.8) is 0 Å². The second-order valence-corrected chi connectivity index (χ2v) is 21.0. The number of nitrogens with one attached hydrogen (secondary N) is 3. The molecule has 394 valence electrons. The van der Waals surface area contributed by atoms with E-state index in [4.69, 9.17) is 14.5 Å². The van der Waals surface area contributed by atoms with Crippen molar-refractivity contribution in [1.82, 2.24) is 44.8 Å². The molecule has 0 bridgehead atoms. The van der Waals surface area contributed by atoms with Gasteiger partial charge in [0.05, 0.1) is 35.9 Å². The normalized spacial score (nSPS) is 20.0. The van der Waals surface area contributed by atoms with Gasteiger partial charge in [0.15, 0.2) is 5.82 Å². The van der Waals surface area contributed by atoms with E-state index in [0.717, 1.165) is 9.80 Å². The largest absolute Gasteiger partial charge is 0.444 e. The van der Waals surface area contributed by atoms with Crippen LogP contribution in [0.15, 0.2) is 36.4 Å². The van der Waals surface area contributed by atoms with E-state index in [1.165, 1.54) is 68.1 Å². The summed E-state index contributed by atoms with van der Waals surface area (Å²) in [7, 11) is 2.81. The quantitative estimate of drug-likeness (QED) is 0.104. The standard InChI is InChI=1S/C51H69F4N9O8/c1-13-37(58-44(65)27(3)60(11)48(69)71-50(5,6)7)46(67)62-24-31(54)19-33(62)23-36-35-17-15-29(52)21-39(35)56-42(36)43-57-40-22-30(53)16-18-41(40)64(43)26-34-20-32(55)25-63(34)47(68)38(14-2)59-45(66)28(4)61(12)49(70)72-51(8,9)10/h15-18,21-22,27-28,31-34,37-38,56H,13-14,19-20,23-26H2,1-12H3,(H,58,65)(H,59,66)/t27-,28-,31-,32-,33-,34-,37-,38-/m0/s1. The molecule has 2 aromatic carbocycles. The van der Waals surface area contributed by atoms with E-state index in [2.05, 4.69) is 15.6 Å². The average molecular weight is 1010 g/mol. The van der Waals surface area contributed by atoms with Gasteiger partial charge in [-0.1, -0.05) is 13.8 Å². The molecule has 4 heterocycles. The Morgan fingerprint density at radius 3 is 1.72 bits per heavy atom. The molecule has 21 heteroatoms. The summed E-state index contributed by atoms with van der Waals surface area (Å²) in [6, 6.07) is 2.23. The van der Waals surface area contributed by atoms with Crippen LogP contribution in [0.5, 0.6) is 0 Å². The minimum atomic E-state index is -1.45. The molecule has 2 aliphatic heterocycles. The Morgan fingerprint density at radius 1 is 0.750 bits per heavy atom. The number of likely N-dealkylation sites (tertiary alicyclic amines) is 2. The van der Waals surface area contributed by atoms with Crippen molar-refractivity contribution >= 4 is 57.8 Å².